The average molecular weight is 353 g/mol. The molecule has 120 valence electrons. The minimum Gasteiger partial charge on any atom is -0.358 e. The number of carbonyl (C=O) groups excluding carboxylic acids is 1. The largest absolute Gasteiger partial charge is 0.358 e. The van der Waals surface area contributed by atoms with Crippen LogP contribution in [0.4, 0.5) is 5.69 Å². The molecule has 1 amide bonds. The van der Waals surface area contributed by atoms with E-state index < -0.39 is 5.56 Å². The van der Waals surface area contributed by atoms with Crippen LogP contribution in [0.15, 0.2) is 35.3 Å². The summed E-state index contributed by atoms with van der Waals surface area (Å²) in [6, 6.07) is 7.45. The predicted molar refractivity (Wildman–Crippen MR) is 88.9 cm³/mol. The Morgan fingerprint density at radius 2 is 1.96 bits per heavy atom. The summed E-state index contributed by atoms with van der Waals surface area (Å²) in [7, 11) is 0. The van der Waals surface area contributed by atoms with Gasteiger partial charge in [-0.1, -0.05) is 41.4 Å². The Hall–Kier alpha value is -2.05. The molecule has 1 saturated heterocycles. The minimum absolute atomic E-state index is 0.0485. The van der Waals surface area contributed by atoms with Crippen LogP contribution in [0.5, 0.6) is 0 Å². The number of carbonyl (C=O) groups is 1. The van der Waals surface area contributed by atoms with Gasteiger partial charge in [-0.15, -0.1) is 0 Å². The zero-order valence-corrected chi connectivity index (χ0v) is 13.6. The highest BCUT2D eigenvalue weighted by Gasteiger charge is 2.26. The van der Waals surface area contributed by atoms with Crippen LogP contribution in [0.25, 0.3) is 0 Å². The summed E-state index contributed by atoms with van der Waals surface area (Å²) in [5, 5.41) is 6.69. The third-order valence-electron chi connectivity index (χ3n) is 3.76. The topological polar surface area (TPSA) is 69.3 Å². The molecule has 1 fully saturated rings. The molecule has 1 aliphatic heterocycles. The molecule has 23 heavy (non-hydrogen) atoms. The van der Waals surface area contributed by atoms with Gasteiger partial charge in [0.05, 0.1) is 18.4 Å². The standard InChI is InChI=1S/C15H14Cl2N4O2/c16-11-4-2-1-3-10(11)8-21-6-5-20(9-13(21)22)12-7-18-19-15(23)14(12)17/h1-4,7H,5-6,8-9H2,(H,19,23). The lowest BCUT2D eigenvalue weighted by atomic mass is 10.2. The van der Waals surface area contributed by atoms with Gasteiger partial charge >= 0.3 is 0 Å². The minimum atomic E-state index is -0.463. The molecule has 0 spiro atoms. The van der Waals surface area contributed by atoms with Crippen molar-refractivity contribution in [1.82, 2.24) is 15.1 Å². The SMILES string of the molecule is O=C1CN(c2cn[nH]c(=O)c2Cl)CCN1Cc1ccccc1Cl. The summed E-state index contributed by atoms with van der Waals surface area (Å²) in [6.07, 6.45) is 1.46. The highest BCUT2D eigenvalue weighted by molar-refractivity contribution is 6.33. The number of piperazine rings is 1. The summed E-state index contributed by atoms with van der Waals surface area (Å²) in [4.78, 5) is 27.4. The Balaban J connectivity index is 1.73. The summed E-state index contributed by atoms with van der Waals surface area (Å²) >= 11 is 12.1. The number of hydrogen-bond acceptors (Lipinski definition) is 4. The van der Waals surface area contributed by atoms with Gasteiger partial charge in [0.2, 0.25) is 5.91 Å². The summed E-state index contributed by atoms with van der Waals surface area (Å²) < 4.78 is 0. The molecule has 8 heteroatoms. The summed E-state index contributed by atoms with van der Waals surface area (Å²) in [5.74, 6) is -0.0486. The van der Waals surface area contributed by atoms with Gasteiger partial charge in [0.15, 0.2) is 0 Å². The number of halogens is 2. The number of H-pyrrole nitrogens is 1. The van der Waals surface area contributed by atoms with E-state index in [0.717, 1.165) is 5.56 Å². The molecule has 1 aliphatic rings. The molecule has 0 aliphatic carbocycles. The number of aromatic nitrogens is 2. The Bertz CT molecular complexity index is 793. The molecule has 0 bridgehead atoms. The molecular formula is C15H14Cl2N4O2. The number of hydrogen-bond donors (Lipinski definition) is 1. The second-order valence-corrected chi connectivity index (χ2v) is 6.01. The van der Waals surface area contributed by atoms with Crippen molar-refractivity contribution in [2.45, 2.75) is 6.54 Å². The van der Waals surface area contributed by atoms with E-state index in [9.17, 15) is 9.59 Å². The van der Waals surface area contributed by atoms with Crippen molar-refractivity contribution in [3.63, 3.8) is 0 Å². The van der Waals surface area contributed by atoms with Crippen molar-refractivity contribution in [3.05, 3.63) is 56.4 Å². The number of anilines is 1. The van der Waals surface area contributed by atoms with E-state index in [0.29, 0.717) is 30.3 Å². The van der Waals surface area contributed by atoms with Gasteiger partial charge in [-0.05, 0) is 11.6 Å². The number of nitrogens with one attached hydrogen (secondary N) is 1. The first-order valence-corrected chi connectivity index (χ1v) is 7.81. The highest BCUT2D eigenvalue weighted by Crippen LogP contribution is 2.23. The fourth-order valence-corrected chi connectivity index (χ4v) is 2.91. The van der Waals surface area contributed by atoms with Crippen LogP contribution in [-0.2, 0) is 11.3 Å². The van der Waals surface area contributed by atoms with Crippen molar-refractivity contribution in [2.24, 2.45) is 0 Å². The van der Waals surface area contributed by atoms with E-state index >= 15 is 0 Å². The van der Waals surface area contributed by atoms with Crippen molar-refractivity contribution in [2.75, 3.05) is 24.5 Å². The van der Waals surface area contributed by atoms with Gasteiger partial charge in [-0.2, -0.15) is 5.10 Å². The van der Waals surface area contributed by atoms with Crippen LogP contribution in [0, 0.1) is 0 Å². The van der Waals surface area contributed by atoms with Gasteiger partial charge in [0.25, 0.3) is 5.56 Å². The Kier molecular flexibility index (Phi) is 4.54. The smallest absolute Gasteiger partial charge is 0.285 e. The van der Waals surface area contributed by atoms with Gasteiger partial charge in [-0.25, -0.2) is 5.10 Å². The van der Waals surface area contributed by atoms with Crippen molar-refractivity contribution in [3.8, 4) is 0 Å². The number of nitrogens with zero attached hydrogens (tertiary/aromatic N) is 3. The zero-order chi connectivity index (χ0) is 16.4. The Labute approximate surface area is 142 Å². The fourth-order valence-electron chi connectivity index (χ4n) is 2.51. The monoisotopic (exact) mass is 352 g/mol. The molecule has 2 heterocycles. The summed E-state index contributed by atoms with van der Waals surface area (Å²) in [5.41, 5.74) is 0.920. The third-order valence-corrected chi connectivity index (χ3v) is 4.49. The van der Waals surface area contributed by atoms with Crippen LogP contribution < -0.4 is 10.5 Å². The highest BCUT2D eigenvalue weighted by atomic mass is 35.5. The quantitative estimate of drug-likeness (QED) is 0.916. The molecule has 0 saturated carbocycles. The molecule has 6 nitrogen and oxygen atoms in total. The van der Waals surface area contributed by atoms with E-state index in [1.807, 2.05) is 18.2 Å². The molecule has 0 unspecified atom stereocenters. The van der Waals surface area contributed by atoms with E-state index in [2.05, 4.69) is 10.2 Å². The lowest BCUT2D eigenvalue weighted by Gasteiger charge is -2.35. The first kappa shape index (κ1) is 15.8. The van der Waals surface area contributed by atoms with E-state index in [-0.39, 0.29) is 17.5 Å². The van der Waals surface area contributed by atoms with E-state index in [1.165, 1.54) is 6.20 Å². The van der Waals surface area contributed by atoms with Gasteiger partial charge in [0, 0.05) is 24.7 Å². The molecule has 0 atom stereocenters. The van der Waals surface area contributed by atoms with Gasteiger partial charge in [-0.3, -0.25) is 9.59 Å². The maximum Gasteiger partial charge on any atom is 0.285 e. The number of rotatable bonds is 3. The molecular weight excluding hydrogens is 339 g/mol. The maximum absolute atomic E-state index is 12.4. The van der Waals surface area contributed by atoms with Crippen LogP contribution in [0.2, 0.25) is 10.0 Å². The van der Waals surface area contributed by atoms with Crippen LogP contribution >= 0.6 is 23.2 Å². The molecule has 0 radical (unpaired) electrons. The van der Waals surface area contributed by atoms with Crippen LogP contribution in [0.1, 0.15) is 5.56 Å². The lowest BCUT2D eigenvalue weighted by Crippen LogP contribution is -2.50. The van der Waals surface area contributed by atoms with E-state index in [1.54, 1.807) is 15.9 Å². The van der Waals surface area contributed by atoms with Crippen molar-refractivity contribution >= 4 is 34.8 Å². The maximum atomic E-state index is 12.4. The normalized spacial score (nSPS) is 15.1. The first-order valence-electron chi connectivity index (χ1n) is 7.05. The first-order chi connectivity index (χ1) is 11.1. The zero-order valence-electron chi connectivity index (χ0n) is 12.1. The van der Waals surface area contributed by atoms with Gasteiger partial charge in [0.1, 0.15) is 5.02 Å². The Morgan fingerprint density at radius 1 is 1.17 bits per heavy atom. The number of amides is 1. The van der Waals surface area contributed by atoms with Gasteiger partial charge < -0.3 is 9.80 Å². The molecule has 3 rings (SSSR count). The van der Waals surface area contributed by atoms with Crippen LogP contribution in [-0.4, -0.2) is 40.6 Å². The second-order valence-electron chi connectivity index (χ2n) is 5.23. The van der Waals surface area contributed by atoms with Crippen LogP contribution in [0.3, 0.4) is 0 Å². The van der Waals surface area contributed by atoms with Crippen molar-refractivity contribution < 1.29 is 4.79 Å². The number of benzene rings is 1. The van der Waals surface area contributed by atoms with E-state index in [4.69, 9.17) is 23.2 Å². The second kappa shape index (κ2) is 6.60. The fraction of sp³-hybridized carbons (Fsp3) is 0.267. The molecule has 2 aromatic rings. The average Bonchev–Trinajstić information content (AvgIpc) is 2.54. The summed E-state index contributed by atoms with van der Waals surface area (Å²) in [6.45, 7) is 1.71. The lowest BCUT2D eigenvalue weighted by molar-refractivity contribution is -0.131. The molecule has 1 aromatic carbocycles. The third kappa shape index (κ3) is 3.33. The number of aromatic amines is 1. The molecule has 1 aromatic heterocycles. The molecule has 1 N–H and O–H groups in total. The Morgan fingerprint density at radius 3 is 2.70 bits per heavy atom. The predicted octanol–water partition coefficient (Wildman–Crippen LogP) is 1.93. The van der Waals surface area contributed by atoms with Crippen molar-refractivity contribution in [1.29, 1.82) is 0 Å².